The first-order valence-electron chi connectivity index (χ1n) is 11.8. The number of likely N-dealkylation sites (tertiary alicyclic amines) is 1. The third-order valence-electron chi connectivity index (χ3n) is 5.91. The maximum Gasteiger partial charge on any atom is 0.217 e. The van der Waals surface area contributed by atoms with E-state index in [-0.39, 0.29) is 0 Å². The first kappa shape index (κ1) is 22.7. The molecule has 1 saturated carbocycles. The normalized spacial score (nSPS) is 18.1. The predicted octanol–water partition coefficient (Wildman–Crippen LogP) is 5.80. The van der Waals surface area contributed by atoms with Crippen LogP contribution in [0.25, 0.3) is 0 Å². The molecule has 4 rings (SSSR count). The average molecular weight is 462 g/mol. The van der Waals surface area contributed by atoms with Crippen LogP contribution < -0.4 is 14.8 Å². The first-order valence-corrected chi connectivity index (χ1v) is 13.5. The molecule has 1 aliphatic carbocycles. The second-order valence-electron chi connectivity index (χ2n) is 8.51. The second-order valence-corrected chi connectivity index (χ2v) is 10.6. The Morgan fingerprint density at radius 3 is 2.71 bits per heavy atom. The molecule has 0 spiro atoms. The van der Waals surface area contributed by atoms with Gasteiger partial charge in [0.05, 0.1) is 6.61 Å². The highest BCUT2D eigenvalue weighted by atomic mass is 32.2. The van der Waals surface area contributed by atoms with E-state index in [4.69, 9.17) is 4.74 Å². The minimum Gasteiger partial charge on any atom is -0.494 e. The van der Waals surface area contributed by atoms with Gasteiger partial charge in [0.25, 0.3) is 0 Å². The number of nitrogens with one attached hydrogen (secondary N) is 2. The largest absolute Gasteiger partial charge is 0.494 e. The van der Waals surface area contributed by atoms with Gasteiger partial charge in [-0.15, -0.1) is 10.2 Å². The van der Waals surface area contributed by atoms with Crippen molar-refractivity contribution in [3.63, 3.8) is 0 Å². The Bertz CT molecular complexity index is 775. The van der Waals surface area contributed by atoms with E-state index < -0.39 is 0 Å². The zero-order valence-electron chi connectivity index (χ0n) is 18.4. The Balaban J connectivity index is 1.11. The fourth-order valence-electron chi connectivity index (χ4n) is 4.22. The van der Waals surface area contributed by atoms with Gasteiger partial charge in [-0.05, 0) is 74.8 Å². The number of aromatic nitrogens is 2. The summed E-state index contributed by atoms with van der Waals surface area (Å²) in [4.78, 5) is 2.55. The van der Waals surface area contributed by atoms with Crippen LogP contribution in [0.3, 0.4) is 0 Å². The molecular formula is C23H35N5OS2. The summed E-state index contributed by atoms with van der Waals surface area (Å²) < 4.78 is 9.36. The van der Waals surface area contributed by atoms with Gasteiger partial charge in [0.2, 0.25) is 10.3 Å². The lowest BCUT2D eigenvalue weighted by molar-refractivity contribution is 0.220. The van der Waals surface area contributed by atoms with E-state index in [9.17, 15) is 0 Å². The van der Waals surface area contributed by atoms with Gasteiger partial charge >= 0.3 is 0 Å². The standard InChI is InChI=1S/C23H35N5OS2/c1-3-11-21(12-4-1)31-27-23-26-25-22(30-23)24-13-8-16-29-20-10-7-9-19(17-20)18-28-14-5-2-6-15-28/h7,9-10,17,21H,1-6,8,11-16,18H2,(H,24,25)(H,26,27). The van der Waals surface area contributed by atoms with Crippen molar-refractivity contribution in [2.75, 3.05) is 36.3 Å². The molecule has 2 N–H and O–H groups in total. The summed E-state index contributed by atoms with van der Waals surface area (Å²) in [6, 6.07) is 8.55. The summed E-state index contributed by atoms with van der Waals surface area (Å²) >= 11 is 3.40. The molecule has 170 valence electrons. The summed E-state index contributed by atoms with van der Waals surface area (Å²) in [5, 5.41) is 14.3. The molecule has 0 bridgehead atoms. The van der Waals surface area contributed by atoms with Crippen molar-refractivity contribution in [3.8, 4) is 5.75 Å². The fourth-order valence-corrected chi connectivity index (χ4v) is 5.93. The summed E-state index contributed by atoms with van der Waals surface area (Å²) in [5.74, 6) is 0.969. The smallest absolute Gasteiger partial charge is 0.217 e. The molecule has 6 nitrogen and oxygen atoms in total. The van der Waals surface area contributed by atoms with E-state index in [1.807, 2.05) is 11.9 Å². The van der Waals surface area contributed by atoms with Crippen molar-refractivity contribution < 1.29 is 4.74 Å². The number of rotatable bonds is 11. The van der Waals surface area contributed by atoms with Gasteiger partial charge in [0.15, 0.2) is 0 Å². The number of anilines is 2. The monoisotopic (exact) mass is 461 g/mol. The van der Waals surface area contributed by atoms with Crippen LogP contribution in [-0.2, 0) is 6.54 Å². The van der Waals surface area contributed by atoms with Gasteiger partial charge in [0, 0.05) is 18.3 Å². The second kappa shape index (κ2) is 12.5. The maximum atomic E-state index is 5.98. The molecule has 0 atom stereocenters. The van der Waals surface area contributed by atoms with Crippen LogP contribution in [0.4, 0.5) is 10.3 Å². The van der Waals surface area contributed by atoms with E-state index in [1.165, 1.54) is 70.0 Å². The van der Waals surface area contributed by atoms with Crippen molar-refractivity contribution in [1.29, 1.82) is 0 Å². The Morgan fingerprint density at radius 1 is 1.03 bits per heavy atom. The SMILES string of the molecule is c1cc(CN2CCCCC2)cc(OCCCNc2nnc(NSC3CCCCC3)s2)c1. The molecule has 0 radical (unpaired) electrons. The molecule has 1 aliphatic heterocycles. The van der Waals surface area contributed by atoms with Crippen LogP contribution in [0.5, 0.6) is 5.75 Å². The topological polar surface area (TPSA) is 62.3 Å². The minimum atomic E-state index is 0.696. The summed E-state index contributed by atoms with van der Waals surface area (Å²) in [7, 11) is 0. The van der Waals surface area contributed by atoms with Crippen LogP contribution in [0, 0.1) is 0 Å². The Morgan fingerprint density at radius 2 is 1.84 bits per heavy atom. The third kappa shape index (κ3) is 7.84. The van der Waals surface area contributed by atoms with Gasteiger partial charge in [-0.3, -0.25) is 4.90 Å². The van der Waals surface area contributed by atoms with Crippen LogP contribution in [0.15, 0.2) is 24.3 Å². The van der Waals surface area contributed by atoms with Crippen molar-refractivity contribution in [1.82, 2.24) is 15.1 Å². The Labute approximate surface area is 194 Å². The average Bonchev–Trinajstić information content (AvgIpc) is 3.27. The third-order valence-corrected chi connectivity index (χ3v) is 7.95. The Kier molecular flexibility index (Phi) is 9.15. The van der Waals surface area contributed by atoms with Crippen LogP contribution in [0.1, 0.15) is 63.4 Å². The molecule has 1 aromatic heterocycles. The van der Waals surface area contributed by atoms with E-state index in [0.29, 0.717) is 11.9 Å². The van der Waals surface area contributed by atoms with Crippen LogP contribution >= 0.6 is 23.3 Å². The lowest BCUT2D eigenvalue weighted by atomic mass is 10.0. The number of piperidine rings is 1. The maximum absolute atomic E-state index is 5.98. The number of hydrogen-bond acceptors (Lipinski definition) is 8. The fraction of sp³-hybridized carbons (Fsp3) is 0.652. The van der Waals surface area contributed by atoms with E-state index >= 15 is 0 Å². The summed E-state index contributed by atoms with van der Waals surface area (Å²) in [6.45, 7) is 5.00. The zero-order valence-corrected chi connectivity index (χ0v) is 20.0. The summed E-state index contributed by atoms with van der Waals surface area (Å²) in [5.41, 5.74) is 1.34. The van der Waals surface area contributed by atoms with Crippen LogP contribution in [0.2, 0.25) is 0 Å². The number of benzene rings is 1. The quantitative estimate of drug-likeness (QED) is 0.324. The first-order chi connectivity index (χ1) is 15.3. The molecule has 2 aliphatic rings. The molecule has 2 aromatic rings. The highest BCUT2D eigenvalue weighted by Gasteiger charge is 2.15. The highest BCUT2D eigenvalue weighted by molar-refractivity contribution is 8.01. The van der Waals surface area contributed by atoms with E-state index in [2.05, 4.69) is 49.4 Å². The van der Waals surface area contributed by atoms with E-state index in [1.54, 1.807) is 11.3 Å². The molecule has 1 saturated heterocycles. The van der Waals surface area contributed by atoms with Crippen molar-refractivity contribution in [2.24, 2.45) is 0 Å². The van der Waals surface area contributed by atoms with Gasteiger partial charge in [-0.1, -0.05) is 49.2 Å². The van der Waals surface area contributed by atoms with Gasteiger partial charge in [-0.2, -0.15) is 0 Å². The van der Waals surface area contributed by atoms with Crippen molar-refractivity contribution >= 4 is 33.5 Å². The molecule has 31 heavy (non-hydrogen) atoms. The minimum absolute atomic E-state index is 0.696. The zero-order chi connectivity index (χ0) is 21.1. The number of nitrogens with zero attached hydrogens (tertiary/aromatic N) is 3. The predicted molar refractivity (Wildman–Crippen MR) is 132 cm³/mol. The molecule has 2 heterocycles. The van der Waals surface area contributed by atoms with Gasteiger partial charge in [-0.25, -0.2) is 0 Å². The molecular weight excluding hydrogens is 426 g/mol. The molecule has 1 aromatic carbocycles. The highest BCUT2D eigenvalue weighted by Crippen LogP contribution is 2.30. The van der Waals surface area contributed by atoms with Crippen LogP contribution in [-0.4, -0.2) is 46.6 Å². The van der Waals surface area contributed by atoms with E-state index in [0.717, 1.165) is 35.5 Å². The number of ether oxygens (including phenoxy) is 1. The lowest BCUT2D eigenvalue weighted by Crippen LogP contribution is -2.29. The lowest BCUT2D eigenvalue weighted by Gasteiger charge is -2.26. The van der Waals surface area contributed by atoms with Gasteiger partial charge < -0.3 is 14.8 Å². The molecule has 0 amide bonds. The summed E-state index contributed by atoms with van der Waals surface area (Å²) in [6.07, 6.45) is 11.7. The van der Waals surface area contributed by atoms with Gasteiger partial charge in [0.1, 0.15) is 5.75 Å². The van der Waals surface area contributed by atoms with Crippen molar-refractivity contribution in [3.05, 3.63) is 29.8 Å². The number of hydrogen-bond donors (Lipinski definition) is 2. The molecule has 0 unspecified atom stereocenters. The Hall–Kier alpha value is -1.51. The molecule has 8 heteroatoms. The van der Waals surface area contributed by atoms with Crippen molar-refractivity contribution in [2.45, 2.75) is 69.6 Å². The molecule has 2 fully saturated rings.